The average Bonchev–Trinajstić information content (AvgIpc) is 2.49. The first kappa shape index (κ1) is 13.7. The van der Waals surface area contributed by atoms with Gasteiger partial charge in [0.1, 0.15) is 11.3 Å². The molecule has 0 amide bonds. The highest BCUT2D eigenvalue weighted by atomic mass is 127. The maximum absolute atomic E-state index is 11.0. The number of hydrogen-bond acceptors (Lipinski definition) is 5. The molecule has 0 atom stereocenters. The van der Waals surface area contributed by atoms with Crippen molar-refractivity contribution in [3.05, 3.63) is 51.6 Å². The topological polar surface area (TPSA) is 85.2 Å². The second-order valence-corrected chi connectivity index (χ2v) is 5.30. The van der Waals surface area contributed by atoms with Gasteiger partial charge in [-0.2, -0.15) is 4.98 Å². The summed E-state index contributed by atoms with van der Waals surface area (Å²) in [6.07, 6.45) is 0. The fourth-order valence-corrected chi connectivity index (χ4v) is 2.17. The van der Waals surface area contributed by atoms with Gasteiger partial charge < -0.3 is 9.84 Å². The van der Waals surface area contributed by atoms with Crippen molar-refractivity contribution < 1.29 is 14.6 Å². The number of hydrogen-bond donors (Lipinski definition) is 1. The van der Waals surface area contributed by atoms with Crippen LogP contribution in [0.15, 0.2) is 42.5 Å². The van der Waals surface area contributed by atoms with E-state index in [9.17, 15) is 4.79 Å². The highest BCUT2D eigenvalue weighted by Gasteiger charge is 2.11. The Morgan fingerprint density at radius 2 is 1.86 bits per heavy atom. The van der Waals surface area contributed by atoms with E-state index >= 15 is 0 Å². The molecule has 0 radical (unpaired) electrons. The molecule has 0 aliphatic rings. The Hall–Kier alpha value is -2.29. The van der Waals surface area contributed by atoms with E-state index in [-0.39, 0.29) is 11.6 Å². The number of carboxylic acids is 1. The van der Waals surface area contributed by atoms with Gasteiger partial charge in [-0.15, -0.1) is 5.10 Å². The van der Waals surface area contributed by atoms with Crippen molar-refractivity contribution in [3.63, 3.8) is 0 Å². The summed E-state index contributed by atoms with van der Waals surface area (Å²) in [7, 11) is 0. The van der Waals surface area contributed by atoms with E-state index < -0.39 is 5.97 Å². The minimum Gasteiger partial charge on any atom is -0.478 e. The van der Waals surface area contributed by atoms with Crippen molar-refractivity contribution in [2.75, 3.05) is 0 Å². The van der Waals surface area contributed by atoms with E-state index in [1.54, 1.807) is 18.2 Å². The summed E-state index contributed by atoms with van der Waals surface area (Å²) in [6, 6.07) is 12.0. The lowest BCUT2D eigenvalue weighted by molar-refractivity contribution is 0.0696. The van der Waals surface area contributed by atoms with Gasteiger partial charge in [0.25, 0.3) is 0 Å². The zero-order valence-corrected chi connectivity index (χ0v) is 12.7. The summed E-state index contributed by atoms with van der Waals surface area (Å²) in [5, 5.41) is 16.9. The standard InChI is InChI=1S/C14H8IN3O3/c15-9-6-5-8(13(19)20)7-12(9)21-14-16-10-3-1-2-4-11(10)17-18-14/h1-7H,(H,19,20). The molecule has 0 saturated heterocycles. The zero-order valence-electron chi connectivity index (χ0n) is 10.5. The van der Waals surface area contributed by atoms with Crippen molar-refractivity contribution in [2.24, 2.45) is 0 Å². The molecule has 0 saturated carbocycles. The van der Waals surface area contributed by atoms with Crippen molar-refractivity contribution >= 4 is 39.6 Å². The molecule has 1 heterocycles. The van der Waals surface area contributed by atoms with E-state index in [2.05, 4.69) is 37.8 Å². The third-order valence-electron chi connectivity index (χ3n) is 2.72. The second-order valence-electron chi connectivity index (χ2n) is 4.14. The quantitative estimate of drug-likeness (QED) is 0.689. The lowest BCUT2D eigenvalue weighted by atomic mass is 10.2. The number of carbonyl (C=O) groups is 1. The van der Waals surface area contributed by atoms with Gasteiger partial charge in [0.05, 0.1) is 14.7 Å². The van der Waals surface area contributed by atoms with Crippen LogP contribution in [0.25, 0.3) is 11.0 Å². The van der Waals surface area contributed by atoms with Crippen LogP contribution in [-0.2, 0) is 0 Å². The first-order valence-corrected chi connectivity index (χ1v) is 7.01. The number of rotatable bonds is 3. The third kappa shape index (κ3) is 2.92. The first-order valence-electron chi connectivity index (χ1n) is 5.93. The maximum atomic E-state index is 11.0. The average molecular weight is 393 g/mol. The SMILES string of the molecule is O=C(O)c1ccc(I)c(Oc2nnc3ccccc3n2)c1. The predicted molar refractivity (Wildman–Crippen MR) is 83.5 cm³/mol. The molecule has 104 valence electrons. The number of benzene rings is 2. The summed E-state index contributed by atoms with van der Waals surface area (Å²) < 4.78 is 6.31. The van der Waals surface area contributed by atoms with E-state index in [4.69, 9.17) is 9.84 Å². The van der Waals surface area contributed by atoms with Gasteiger partial charge in [0, 0.05) is 0 Å². The van der Waals surface area contributed by atoms with Gasteiger partial charge >= 0.3 is 12.0 Å². The Balaban J connectivity index is 1.98. The Morgan fingerprint density at radius 1 is 1.10 bits per heavy atom. The molecule has 3 aromatic rings. The number of para-hydroxylation sites is 1. The number of nitrogens with zero attached hydrogens (tertiary/aromatic N) is 3. The van der Waals surface area contributed by atoms with E-state index in [0.29, 0.717) is 16.8 Å². The molecule has 3 rings (SSSR count). The Morgan fingerprint density at radius 3 is 2.62 bits per heavy atom. The van der Waals surface area contributed by atoms with Gasteiger partial charge in [-0.25, -0.2) is 4.79 Å². The van der Waals surface area contributed by atoms with Gasteiger partial charge in [-0.1, -0.05) is 17.2 Å². The number of aromatic carboxylic acids is 1. The summed E-state index contributed by atoms with van der Waals surface area (Å²) >= 11 is 2.05. The summed E-state index contributed by atoms with van der Waals surface area (Å²) in [5.74, 6) is -0.638. The zero-order chi connectivity index (χ0) is 14.8. The highest BCUT2D eigenvalue weighted by Crippen LogP contribution is 2.26. The Bertz CT molecular complexity index is 839. The van der Waals surface area contributed by atoms with Crippen molar-refractivity contribution in [1.82, 2.24) is 15.2 Å². The minimum atomic E-state index is -1.02. The maximum Gasteiger partial charge on any atom is 0.341 e. The van der Waals surface area contributed by atoms with Crippen molar-refractivity contribution in [3.8, 4) is 11.8 Å². The van der Waals surface area contributed by atoms with Gasteiger partial charge in [-0.3, -0.25) is 0 Å². The summed E-state index contributed by atoms with van der Waals surface area (Å²) in [5.41, 5.74) is 1.46. The van der Waals surface area contributed by atoms with E-state index in [1.807, 2.05) is 12.1 Å². The van der Waals surface area contributed by atoms with E-state index in [1.165, 1.54) is 12.1 Å². The molecule has 7 heteroatoms. The minimum absolute atomic E-state index is 0.0779. The van der Waals surface area contributed by atoms with Crippen LogP contribution in [0.3, 0.4) is 0 Å². The van der Waals surface area contributed by atoms with Crippen molar-refractivity contribution in [1.29, 1.82) is 0 Å². The van der Waals surface area contributed by atoms with Crippen LogP contribution in [0.1, 0.15) is 10.4 Å². The lowest BCUT2D eigenvalue weighted by Crippen LogP contribution is -2.00. The van der Waals surface area contributed by atoms with Crippen LogP contribution in [-0.4, -0.2) is 26.3 Å². The molecular formula is C14H8IN3O3. The Kier molecular flexibility index (Phi) is 3.65. The molecule has 0 spiro atoms. The molecule has 0 fully saturated rings. The number of fused-ring (bicyclic) bond motifs is 1. The number of carboxylic acid groups (broad SMARTS) is 1. The monoisotopic (exact) mass is 393 g/mol. The predicted octanol–water partition coefficient (Wildman–Crippen LogP) is 3.12. The molecule has 2 aromatic carbocycles. The highest BCUT2D eigenvalue weighted by molar-refractivity contribution is 14.1. The van der Waals surface area contributed by atoms with Crippen molar-refractivity contribution in [2.45, 2.75) is 0 Å². The second kappa shape index (κ2) is 5.60. The smallest absolute Gasteiger partial charge is 0.341 e. The first-order chi connectivity index (χ1) is 10.1. The summed E-state index contributed by atoms with van der Waals surface area (Å²) in [6.45, 7) is 0. The summed E-state index contributed by atoms with van der Waals surface area (Å²) in [4.78, 5) is 15.2. The molecule has 0 unspecified atom stereocenters. The van der Waals surface area contributed by atoms with Crippen LogP contribution in [0.2, 0.25) is 0 Å². The fourth-order valence-electron chi connectivity index (χ4n) is 1.72. The molecule has 1 aromatic heterocycles. The van der Waals surface area contributed by atoms with Crippen LogP contribution in [0.4, 0.5) is 0 Å². The normalized spacial score (nSPS) is 10.5. The molecular weight excluding hydrogens is 385 g/mol. The van der Waals surface area contributed by atoms with Crippen LogP contribution < -0.4 is 4.74 Å². The molecule has 0 aliphatic carbocycles. The Labute approximate surface area is 132 Å². The molecule has 21 heavy (non-hydrogen) atoms. The lowest BCUT2D eigenvalue weighted by Gasteiger charge is -2.07. The number of ether oxygens (including phenoxy) is 1. The van der Waals surface area contributed by atoms with Gasteiger partial charge in [-0.05, 0) is 52.9 Å². The van der Waals surface area contributed by atoms with Gasteiger partial charge in [0.15, 0.2) is 0 Å². The molecule has 0 aliphatic heterocycles. The van der Waals surface area contributed by atoms with E-state index in [0.717, 1.165) is 3.57 Å². The molecule has 6 nitrogen and oxygen atoms in total. The van der Waals surface area contributed by atoms with Crippen LogP contribution in [0, 0.1) is 3.57 Å². The van der Waals surface area contributed by atoms with Crippen LogP contribution in [0.5, 0.6) is 11.8 Å². The molecule has 1 N–H and O–H groups in total. The van der Waals surface area contributed by atoms with Crippen LogP contribution >= 0.6 is 22.6 Å². The number of aromatic nitrogens is 3. The largest absolute Gasteiger partial charge is 0.478 e. The molecule has 0 bridgehead atoms. The third-order valence-corrected chi connectivity index (χ3v) is 3.61. The fraction of sp³-hybridized carbons (Fsp3) is 0. The number of halogens is 1. The van der Waals surface area contributed by atoms with Gasteiger partial charge in [0.2, 0.25) is 0 Å².